The van der Waals surface area contributed by atoms with Gasteiger partial charge in [-0.3, -0.25) is 0 Å². The van der Waals surface area contributed by atoms with E-state index in [1.165, 1.54) is 57.3 Å². The number of ether oxygens (including phenoxy) is 1. The molecule has 0 N–H and O–H groups in total. The molecule has 1 atom stereocenters. The Hall–Kier alpha value is -0.730. The summed E-state index contributed by atoms with van der Waals surface area (Å²) in [5.74, 6) is 2.30. The summed E-state index contributed by atoms with van der Waals surface area (Å²) in [6.07, 6.45) is 6.66. The van der Waals surface area contributed by atoms with Crippen LogP contribution < -0.4 is 4.74 Å². The van der Waals surface area contributed by atoms with E-state index >= 15 is 0 Å². The van der Waals surface area contributed by atoms with Gasteiger partial charge in [0.15, 0.2) is 0 Å². The molecule has 1 aromatic rings. The van der Waals surface area contributed by atoms with Crippen LogP contribution in [0, 0.1) is 5.92 Å². The average Bonchev–Trinajstić information content (AvgIpc) is 2.54. The van der Waals surface area contributed by atoms with Crippen LogP contribution >= 0.6 is 12.4 Å². The van der Waals surface area contributed by atoms with Crippen molar-refractivity contribution in [2.24, 2.45) is 5.92 Å². The van der Waals surface area contributed by atoms with Gasteiger partial charge in [-0.25, -0.2) is 0 Å². The minimum absolute atomic E-state index is 0. The van der Waals surface area contributed by atoms with Crippen molar-refractivity contribution in [3.63, 3.8) is 0 Å². The van der Waals surface area contributed by atoms with Crippen LogP contribution in [-0.4, -0.2) is 31.1 Å². The molecule has 1 heterocycles. The molecule has 1 unspecified atom stereocenters. The molecule has 1 aliphatic rings. The highest BCUT2D eigenvalue weighted by Crippen LogP contribution is 2.21. The highest BCUT2D eigenvalue weighted by Gasteiger charge is 2.20. The van der Waals surface area contributed by atoms with Crippen molar-refractivity contribution in [1.29, 1.82) is 0 Å². The zero-order valence-corrected chi connectivity index (χ0v) is 15.9. The number of piperidine rings is 1. The Bertz CT molecular complexity index is 418. The van der Waals surface area contributed by atoms with Gasteiger partial charge < -0.3 is 9.64 Å². The summed E-state index contributed by atoms with van der Waals surface area (Å²) in [6.45, 7) is 11.4. The molecule has 0 bridgehead atoms. The third-order valence-electron chi connectivity index (χ3n) is 4.71. The largest absolute Gasteiger partial charge is 0.493 e. The number of nitrogens with zero attached hydrogens (tertiary/aromatic N) is 1. The quantitative estimate of drug-likeness (QED) is 0.579. The molecule has 23 heavy (non-hydrogen) atoms. The van der Waals surface area contributed by atoms with Gasteiger partial charge in [-0.1, -0.05) is 45.7 Å². The number of hydrogen-bond donors (Lipinski definition) is 0. The van der Waals surface area contributed by atoms with Gasteiger partial charge >= 0.3 is 0 Å². The summed E-state index contributed by atoms with van der Waals surface area (Å²) in [6, 6.07) is 8.63. The molecule has 1 aromatic carbocycles. The summed E-state index contributed by atoms with van der Waals surface area (Å²) >= 11 is 0. The topological polar surface area (TPSA) is 12.5 Å². The Morgan fingerprint density at radius 1 is 1.17 bits per heavy atom. The number of halogens is 1. The van der Waals surface area contributed by atoms with E-state index in [2.05, 4.69) is 49.9 Å². The van der Waals surface area contributed by atoms with Crippen LogP contribution in [0.1, 0.15) is 64.4 Å². The molecule has 0 aliphatic carbocycles. The Labute approximate surface area is 149 Å². The van der Waals surface area contributed by atoms with Gasteiger partial charge in [-0.05, 0) is 56.0 Å². The minimum Gasteiger partial charge on any atom is -0.493 e. The van der Waals surface area contributed by atoms with Gasteiger partial charge in [-0.15, -0.1) is 12.4 Å². The minimum atomic E-state index is 0. The fourth-order valence-corrected chi connectivity index (χ4v) is 3.24. The molecular formula is C20H34ClNO. The van der Waals surface area contributed by atoms with E-state index < -0.39 is 0 Å². The molecule has 3 heteroatoms. The first-order valence-corrected chi connectivity index (χ1v) is 9.14. The van der Waals surface area contributed by atoms with Gasteiger partial charge in [0, 0.05) is 12.5 Å². The molecule has 0 saturated carbocycles. The van der Waals surface area contributed by atoms with Crippen LogP contribution in [-0.2, 0) is 0 Å². The van der Waals surface area contributed by atoms with E-state index in [1.807, 2.05) is 0 Å². The smallest absolute Gasteiger partial charge is 0.119 e. The zero-order valence-electron chi connectivity index (χ0n) is 15.1. The number of likely N-dealkylation sites (tertiary alicyclic amines) is 1. The lowest BCUT2D eigenvalue weighted by Gasteiger charge is -2.32. The highest BCUT2D eigenvalue weighted by molar-refractivity contribution is 5.85. The normalized spacial score (nSPS) is 18.7. The summed E-state index contributed by atoms with van der Waals surface area (Å²) in [5, 5.41) is 0. The molecule has 132 valence electrons. The van der Waals surface area contributed by atoms with Crippen LogP contribution in [0.4, 0.5) is 0 Å². The predicted octanol–water partition coefficient (Wildman–Crippen LogP) is 5.51. The number of benzene rings is 1. The van der Waals surface area contributed by atoms with Crippen molar-refractivity contribution in [3.05, 3.63) is 29.8 Å². The Balaban J connectivity index is 0.00000264. The third kappa shape index (κ3) is 7.14. The Morgan fingerprint density at radius 2 is 1.91 bits per heavy atom. The van der Waals surface area contributed by atoms with E-state index in [-0.39, 0.29) is 12.4 Å². The van der Waals surface area contributed by atoms with Crippen molar-refractivity contribution < 1.29 is 4.74 Å². The maximum Gasteiger partial charge on any atom is 0.119 e. The molecule has 0 spiro atoms. The predicted molar refractivity (Wildman–Crippen MR) is 102 cm³/mol. The zero-order chi connectivity index (χ0) is 15.8. The van der Waals surface area contributed by atoms with E-state index in [4.69, 9.17) is 4.74 Å². The molecule has 0 radical (unpaired) electrons. The first-order chi connectivity index (χ1) is 10.7. The molecule has 1 aliphatic heterocycles. The lowest BCUT2D eigenvalue weighted by Crippen LogP contribution is -2.38. The van der Waals surface area contributed by atoms with Crippen molar-refractivity contribution in [2.45, 2.75) is 58.8 Å². The lowest BCUT2D eigenvalue weighted by molar-refractivity contribution is 0.128. The van der Waals surface area contributed by atoms with Gasteiger partial charge in [0.2, 0.25) is 0 Å². The maximum absolute atomic E-state index is 6.03. The summed E-state index contributed by atoms with van der Waals surface area (Å²) < 4.78 is 6.03. The van der Waals surface area contributed by atoms with Crippen molar-refractivity contribution in [1.82, 2.24) is 4.90 Å². The second-order valence-electron chi connectivity index (χ2n) is 7.05. The second kappa shape index (κ2) is 10.9. The molecule has 2 rings (SSSR count). The SMILES string of the molecule is CCCCCN1CCCC(COc2ccc(C(C)C)cc2)C1.Cl. The summed E-state index contributed by atoms with van der Waals surface area (Å²) in [4.78, 5) is 2.63. The molecule has 1 fully saturated rings. The molecule has 0 aromatic heterocycles. The van der Waals surface area contributed by atoms with Gasteiger partial charge in [0.25, 0.3) is 0 Å². The summed E-state index contributed by atoms with van der Waals surface area (Å²) in [7, 11) is 0. The first-order valence-electron chi connectivity index (χ1n) is 9.14. The van der Waals surface area contributed by atoms with Crippen LogP contribution in [0.3, 0.4) is 0 Å². The molecule has 2 nitrogen and oxygen atoms in total. The number of hydrogen-bond acceptors (Lipinski definition) is 2. The van der Waals surface area contributed by atoms with Crippen LogP contribution in [0.25, 0.3) is 0 Å². The van der Waals surface area contributed by atoms with Crippen LogP contribution in [0.5, 0.6) is 5.75 Å². The van der Waals surface area contributed by atoms with Crippen molar-refractivity contribution >= 4 is 12.4 Å². The fraction of sp³-hybridized carbons (Fsp3) is 0.700. The van der Waals surface area contributed by atoms with Crippen molar-refractivity contribution in [3.8, 4) is 5.75 Å². The Morgan fingerprint density at radius 3 is 2.57 bits per heavy atom. The lowest BCUT2D eigenvalue weighted by atomic mass is 9.98. The first kappa shape index (κ1) is 20.3. The van der Waals surface area contributed by atoms with E-state index in [0.29, 0.717) is 11.8 Å². The van der Waals surface area contributed by atoms with Crippen LogP contribution in [0.2, 0.25) is 0 Å². The van der Waals surface area contributed by atoms with Gasteiger partial charge in [0.1, 0.15) is 5.75 Å². The van der Waals surface area contributed by atoms with Crippen molar-refractivity contribution in [2.75, 3.05) is 26.2 Å². The second-order valence-corrected chi connectivity index (χ2v) is 7.05. The van der Waals surface area contributed by atoms with Crippen LogP contribution in [0.15, 0.2) is 24.3 Å². The summed E-state index contributed by atoms with van der Waals surface area (Å²) in [5.41, 5.74) is 1.38. The monoisotopic (exact) mass is 339 g/mol. The van der Waals surface area contributed by atoms with E-state index in [1.54, 1.807) is 0 Å². The molecule has 0 amide bonds. The van der Waals surface area contributed by atoms with Gasteiger partial charge in [0.05, 0.1) is 6.61 Å². The fourth-order valence-electron chi connectivity index (χ4n) is 3.24. The van der Waals surface area contributed by atoms with E-state index in [9.17, 15) is 0 Å². The Kier molecular flexibility index (Phi) is 9.66. The molecular weight excluding hydrogens is 306 g/mol. The standard InChI is InChI=1S/C20H33NO.ClH/c1-4-5-6-13-21-14-7-8-18(15-21)16-22-20-11-9-19(10-12-20)17(2)3;/h9-12,17-18H,4-8,13-16H2,1-3H3;1H. The number of unbranched alkanes of at least 4 members (excludes halogenated alkanes) is 2. The van der Waals surface area contributed by atoms with E-state index in [0.717, 1.165) is 12.4 Å². The third-order valence-corrected chi connectivity index (χ3v) is 4.71. The molecule has 1 saturated heterocycles. The maximum atomic E-state index is 6.03. The highest BCUT2D eigenvalue weighted by atomic mass is 35.5. The number of rotatable bonds is 8. The average molecular weight is 340 g/mol. The van der Waals surface area contributed by atoms with Gasteiger partial charge in [-0.2, -0.15) is 0 Å².